The van der Waals surface area contributed by atoms with Crippen LogP contribution in [0.4, 0.5) is 5.69 Å². The summed E-state index contributed by atoms with van der Waals surface area (Å²) in [5.41, 5.74) is 0.314. The molecule has 0 unspecified atom stereocenters. The highest BCUT2D eigenvalue weighted by molar-refractivity contribution is 5.76. The molecule has 0 atom stereocenters. The summed E-state index contributed by atoms with van der Waals surface area (Å²) in [6.45, 7) is 3.94. The molecule has 0 fully saturated rings. The highest BCUT2D eigenvalue weighted by atomic mass is 17.0. The maximum absolute atomic E-state index is 11.0. The molecule has 26 heavy (non-hydrogen) atoms. The summed E-state index contributed by atoms with van der Waals surface area (Å²) >= 11 is 0. The molecule has 0 bridgehead atoms. The van der Waals surface area contributed by atoms with E-state index in [0.29, 0.717) is 18.0 Å². The van der Waals surface area contributed by atoms with Crippen molar-refractivity contribution in [1.29, 1.82) is 0 Å². The average molecular weight is 362 g/mol. The molecular formula is C16H18N4O6. The van der Waals surface area contributed by atoms with Crippen molar-refractivity contribution in [1.82, 2.24) is 9.55 Å². The summed E-state index contributed by atoms with van der Waals surface area (Å²) in [6.07, 6.45) is 4.56. The van der Waals surface area contributed by atoms with Gasteiger partial charge in [-0.25, -0.2) is 4.98 Å². The number of nitrogens with zero attached hydrogens (tertiary/aromatic N) is 4. The van der Waals surface area contributed by atoms with Crippen LogP contribution in [0.3, 0.4) is 0 Å². The molecule has 10 heteroatoms. The molecule has 0 aliphatic heterocycles. The summed E-state index contributed by atoms with van der Waals surface area (Å²) in [5, 5.41) is 20.9. The third-order valence-electron chi connectivity index (χ3n) is 3.48. The van der Waals surface area contributed by atoms with Gasteiger partial charge in [-0.3, -0.25) is 19.5 Å². The predicted octanol–water partition coefficient (Wildman–Crippen LogP) is 3.41. The monoisotopic (exact) mass is 362 g/mol. The first-order valence-corrected chi connectivity index (χ1v) is 7.88. The van der Waals surface area contributed by atoms with Gasteiger partial charge in [0.2, 0.25) is 5.88 Å². The van der Waals surface area contributed by atoms with Gasteiger partial charge in [0, 0.05) is 30.1 Å². The summed E-state index contributed by atoms with van der Waals surface area (Å²) < 4.78 is 7.12. The van der Waals surface area contributed by atoms with E-state index in [1.165, 1.54) is 41.2 Å². The number of nitro groups is 1. The van der Waals surface area contributed by atoms with E-state index < -0.39 is 10.0 Å². The molecular weight excluding hydrogens is 344 g/mol. The summed E-state index contributed by atoms with van der Waals surface area (Å²) in [6, 6.07) is 5.50. The molecule has 1 aromatic carbocycles. The van der Waals surface area contributed by atoms with Crippen LogP contribution in [0, 0.1) is 27.2 Å². The van der Waals surface area contributed by atoms with Gasteiger partial charge in [-0.15, -0.1) is 10.1 Å². The molecule has 0 N–H and O–H groups in total. The largest absolute Gasteiger partial charge is 0.489 e. The third kappa shape index (κ3) is 4.56. The predicted molar refractivity (Wildman–Crippen MR) is 92.1 cm³/mol. The Balaban J connectivity index is 2.56. The average Bonchev–Trinajstić information content (AvgIpc) is 3.03. The Morgan fingerprint density at radius 3 is 2.42 bits per heavy atom. The van der Waals surface area contributed by atoms with E-state index in [4.69, 9.17) is 9.57 Å². The van der Waals surface area contributed by atoms with Crippen molar-refractivity contribution in [3.8, 4) is 0 Å². The van der Waals surface area contributed by atoms with E-state index in [1.54, 1.807) is 6.92 Å². The zero-order valence-electron chi connectivity index (χ0n) is 14.3. The second-order valence-corrected chi connectivity index (χ2v) is 5.30. The number of rotatable bonds is 9. The smallest absolute Gasteiger partial charge is 0.301 e. The second-order valence-electron chi connectivity index (χ2n) is 5.30. The Kier molecular flexibility index (Phi) is 6.25. The van der Waals surface area contributed by atoms with Gasteiger partial charge in [-0.1, -0.05) is 13.3 Å². The van der Waals surface area contributed by atoms with E-state index in [1.807, 2.05) is 6.92 Å². The fourth-order valence-corrected chi connectivity index (χ4v) is 2.18. The lowest BCUT2D eigenvalue weighted by Crippen LogP contribution is -2.12. The van der Waals surface area contributed by atoms with Crippen molar-refractivity contribution in [2.75, 3.05) is 6.61 Å². The minimum absolute atomic E-state index is 0.0998. The van der Waals surface area contributed by atoms with Crippen molar-refractivity contribution in [2.45, 2.75) is 26.7 Å². The molecule has 2 aromatic rings. The van der Waals surface area contributed by atoms with Crippen molar-refractivity contribution in [3.05, 3.63) is 68.3 Å². The van der Waals surface area contributed by atoms with E-state index >= 15 is 0 Å². The van der Waals surface area contributed by atoms with E-state index in [2.05, 4.69) is 4.98 Å². The number of aromatic nitrogens is 2. The molecule has 10 nitrogen and oxygen atoms in total. The number of nitro benzene ring substituents is 1. The number of imidazole rings is 1. The van der Waals surface area contributed by atoms with Crippen molar-refractivity contribution < 1.29 is 19.6 Å². The van der Waals surface area contributed by atoms with Gasteiger partial charge in [-0.05, 0) is 25.5 Å². The summed E-state index contributed by atoms with van der Waals surface area (Å²) in [5.74, 6) is 0.390. The van der Waals surface area contributed by atoms with Crippen LogP contribution in [0.5, 0.6) is 0 Å². The quantitative estimate of drug-likeness (QED) is 0.290. The van der Waals surface area contributed by atoms with Gasteiger partial charge in [0.05, 0.1) is 11.5 Å². The van der Waals surface area contributed by atoms with Crippen molar-refractivity contribution in [3.63, 3.8) is 0 Å². The van der Waals surface area contributed by atoms with Crippen LogP contribution in [0.15, 0.2) is 36.7 Å². The number of non-ortho nitro benzene ring substituents is 1. The van der Waals surface area contributed by atoms with Gasteiger partial charge in [-0.2, -0.15) is 0 Å². The van der Waals surface area contributed by atoms with E-state index in [0.717, 1.165) is 12.8 Å². The minimum atomic E-state index is -0.941. The summed E-state index contributed by atoms with van der Waals surface area (Å²) in [7, 11) is 0. The maximum Gasteiger partial charge on any atom is 0.301 e. The van der Waals surface area contributed by atoms with Gasteiger partial charge in [0.15, 0.2) is 5.76 Å². The highest BCUT2D eigenvalue weighted by Gasteiger charge is 2.20. The SMILES string of the molecule is CCCCO/C(=C(/O[N+](=O)[O-])n1ccnc1C)c1ccc([N+](=O)[O-])cc1. The Morgan fingerprint density at radius 2 is 1.92 bits per heavy atom. The van der Waals surface area contributed by atoms with Gasteiger partial charge < -0.3 is 4.74 Å². The Labute approximate surface area is 148 Å². The van der Waals surface area contributed by atoms with Crippen molar-refractivity contribution in [2.24, 2.45) is 0 Å². The molecule has 0 aliphatic rings. The number of hydrogen-bond acceptors (Lipinski definition) is 7. The molecule has 138 valence electrons. The lowest BCUT2D eigenvalue weighted by molar-refractivity contribution is -0.732. The van der Waals surface area contributed by atoms with Gasteiger partial charge >= 0.3 is 5.09 Å². The first-order valence-electron chi connectivity index (χ1n) is 7.88. The molecule has 0 saturated carbocycles. The molecule has 0 amide bonds. The number of hydrogen-bond donors (Lipinski definition) is 0. The number of unbranched alkanes of at least 4 members (excludes halogenated alkanes) is 1. The molecule has 0 saturated heterocycles. The zero-order chi connectivity index (χ0) is 19.1. The lowest BCUT2D eigenvalue weighted by Gasteiger charge is -2.16. The third-order valence-corrected chi connectivity index (χ3v) is 3.48. The van der Waals surface area contributed by atoms with Gasteiger partial charge in [0.1, 0.15) is 5.82 Å². The fourth-order valence-electron chi connectivity index (χ4n) is 2.18. The molecule has 0 spiro atoms. The molecule has 1 heterocycles. The standard InChI is InChI=1S/C16H18N4O6/c1-3-4-11-25-15(13-5-7-14(8-6-13)19(21)22)16(26-20(23)24)18-10-9-17-12(18)2/h5-10H,3-4,11H2,1-2H3/b16-15+. The van der Waals surface area contributed by atoms with Crippen LogP contribution in [0.2, 0.25) is 0 Å². The normalized spacial score (nSPS) is 11.6. The Hall–Kier alpha value is -3.43. The second kappa shape index (κ2) is 8.60. The maximum atomic E-state index is 11.0. The number of ether oxygens (including phenoxy) is 1. The molecule has 0 aliphatic carbocycles. The first kappa shape index (κ1) is 18.9. The fraction of sp³-hybridized carbons (Fsp3) is 0.312. The van der Waals surface area contributed by atoms with Gasteiger partial charge in [0.25, 0.3) is 5.69 Å². The highest BCUT2D eigenvalue weighted by Crippen LogP contribution is 2.27. The van der Waals surface area contributed by atoms with E-state index in [-0.39, 0.29) is 17.3 Å². The van der Waals surface area contributed by atoms with Crippen LogP contribution < -0.4 is 0 Å². The molecule has 2 rings (SSSR count). The van der Waals surface area contributed by atoms with Crippen LogP contribution in [0.25, 0.3) is 11.6 Å². The zero-order valence-corrected chi connectivity index (χ0v) is 14.3. The van der Waals surface area contributed by atoms with Crippen LogP contribution >= 0.6 is 0 Å². The molecule has 1 aromatic heterocycles. The van der Waals surface area contributed by atoms with Crippen LogP contribution in [-0.2, 0) is 9.57 Å². The van der Waals surface area contributed by atoms with E-state index in [9.17, 15) is 20.2 Å². The van der Waals surface area contributed by atoms with Crippen LogP contribution in [-0.4, -0.2) is 26.2 Å². The van der Waals surface area contributed by atoms with Crippen LogP contribution in [0.1, 0.15) is 31.2 Å². The Bertz CT molecular complexity index is 812. The number of aryl methyl sites for hydroxylation is 1. The molecule has 0 radical (unpaired) electrons. The lowest BCUT2D eigenvalue weighted by atomic mass is 10.1. The Morgan fingerprint density at radius 1 is 1.23 bits per heavy atom. The van der Waals surface area contributed by atoms with Crippen molar-refractivity contribution >= 4 is 17.3 Å². The first-order chi connectivity index (χ1) is 12.4. The number of benzene rings is 1. The topological polar surface area (TPSA) is 123 Å². The summed E-state index contributed by atoms with van der Waals surface area (Å²) in [4.78, 5) is 30.1. The minimum Gasteiger partial charge on any atom is -0.489 e.